The first-order chi connectivity index (χ1) is 9.65. The number of likely N-dealkylation sites (N-methyl/N-ethyl adjacent to an activating group) is 1. The average Bonchev–Trinajstić information content (AvgIpc) is 3.09. The van der Waals surface area contributed by atoms with Gasteiger partial charge in [-0.1, -0.05) is 13.8 Å². The highest BCUT2D eigenvalue weighted by Gasteiger charge is 2.26. The van der Waals surface area contributed by atoms with Gasteiger partial charge in [0.1, 0.15) is 5.76 Å². The van der Waals surface area contributed by atoms with Gasteiger partial charge in [-0.2, -0.15) is 0 Å². The van der Waals surface area contributed by atoms with Crippen LogP contribution in [0.25, 0.3) is 0 Å². The number of hydrogen-bond donors (Lipinski definition) is 1. The third kappa shape index (κ3) is 3.51. The van der Waals surface area contributed by atoms with Gasteiger partial charge in [-0.25, -0.2) is 0 Å². The van der Waals surface area contributed by atoms with Gasteiger partial charge in [-0.3, -0.25) is 4.90 Å². The van der Waals surface area contributed by atoms with Crippen LogP contribution in [0, 0.1) is 6.92 Å². The lowest BCUT2D eigenvalue weighted by molar-refractivity contribution is 0.160. The first-order valence-electron chi connectivity index (χ1n) is 7.24. The van der Waals surface area contributed by atoms with Crippen molar-refractivity contribution in [2.75, 3.05) is 6.54 Å². The van der Waals surface area contributed by atoms with Crippen LogP contribution in [0.2, 0.25) is 0 Å². The van der Waals surface area contributed by atoms with Gasteiger partial charge in [0.25, 0.3) is 0 Å². The van der Waals surface area contributed by atoms with Crippen molar-refractivity contribution < 1.29 is 4.42 Å². The second kappa shape index (κ2) is 7.07. The first-order valence-corrected chi connectivity index (χ1v) is 8.05. The summed E-state index contributed by atoms with van der Waals surface area (Å²) in [6.07, 6.45) is 2.70. The Balaban J connectivity index is 2.23. The molecule has 0 bridgehead atoms. The molecule has 2 N–H and O–H groups in total. The van der Waals surface area contributed by atoms with Crippen molar-refractivity contribution in [3.8, 4) is 0 Å². The zero-order chi connectivity index (χ0) is 14.5. The van der Waals surface area contributed by atoms with E-state index < -0.39 is 0 Å². The fourth-order valence-electron chi connectivity index (χ4n) is 2.51. The lowest BCUT2D eigenvalue weighted by Crippen LogP contribution is -2.40. The number of aryl methyl sites for hydroxylation is 1. The van der Waals surface area contributed by atoms with Gasteiger partial charge in [0.2, 0.25) is 0 Å². The Hall–Kier alpha value is -1.10. The van der Waals surface area contributed by atoms with Gasteiger partial charge in [-0.15, -0.1) is 11.3 Å². The zero-order valence-corrected chi connectivity index (χ0v) is 13.3. The molecule has 0 aliphatic rings. The van der Waals surface area contributed by atoms with E-state index in [-0.39, 0.29) is 12.1 Å². The molecule has 2 unspecified atom stereocenters. The number of nitrogens with zero attached hydrogens (tertiary/aromatic N) is 1. The van der Waals surface area contributed by atoms with Gasteiger partial charge >= 0.3 is 0 Å². The van der Waals surface area contributed by atoms with Crippen molar-refractivity contribution in [3.63, 3.8) is 0 Å². The Bertz CT molecular complexity index is 506. The molecule has 0 aliphatic heterocycles. The van der Waals surface area contributed by atoms with Crippen LogP contribution in [0.4, 0.5) is 0 Å². The van der Waals surface area contributed by atoms with Crippen molar-refractivity contribution in [2.45, 2.75) is 45.8 Å². The third-order valence-electron chi connectivity index (χ3n) is 3.67. The van der Waals surface area contributed by atoms with E-state index in [1.807, 2.05) is 23.5 Å². The molecule has 2 atom stereocenters. The van der Waals surface area contributed by atoms with Gasteiger partial charge in [0, 0.05) is 15.8 Å². The van der Waals surface area contributed by atoms with E-state index in [4.69, 9.17) is 10.2 Å². The molecule has 2 rings (SSSR count). The predicted octanol–water partition coefficient (Wildman–Crippen LogP) is 3.95. The van der Waals surface area contributed by atoms with Gasteiger partial charge in [0.15, 0.2) is 0 Å². The molecule has 0 saturated heterocycles. The van der Waals surface area contributed by atoms with Crippen LogP contribution in [-0.4, -0.2) is 17.5 Å². The summed E-state index contributed by atoms with van der Waals surface area (Å²) in [5, 5.41) is 0. The smallest absolute Gasteiger partial charge is 0.117 e. The van der Waals surface area contributed by atoms with E-state index in [1.54, 1.807) is 6.26 Å². The van der Waals surface area contributed by atoms with Gasteiger partial charge < -0.3 is 10.2 Å². The molecule has 0 spiro atoms. The number of rotatable bonds is 7. The minimum Gasteiger partial charge on any atom is -0.468 e. The monoisotopic (exact) mass is 292 g/mol. The summed E-state index contributed by atoms with van der Waals surface area (Å²) in [5.74, 6) is 0.994. The summed E-state index contributed by atoms with van der Waals surface area (Å²) in [7, 11) is 0. The molecule has 0 aliphatic carbocycles. The van der Waals surface area contributed by atoms with Crippen LogP contribution in [0.1, 0.15) is 41.8 Å². The van der Waals surface area contributed by atoms with Crippen LogP contribution < -0.4 is 5.73 Å². The standard InChI is InChI=1S/C16H24N2OS/c1-4-14(17)16(15-9-8-12(3)20-15)18(5-2)11-13-7-6-10-19-13/h6-10,14,16H,4-5,11,17H2,1-3H3. The molecule has 4 heteroatoms. The second-order valence-corrected chi connectivity index (χ2v) is 6.43. The van der Waals surface area contributed by atoms with Crippen molar-refractivity contribution in [1.29, 1.82) is 0 Å². The molecular formula is C16H24N2OS. The Labute approximate surface area is 125 Å². The lowest BCUT2D eigenvalue weighted by atomic mass is 10.0. The first kappa shape index (κ1) is 15.3. The molecule has 0 aromatic carbocycles. The highest BCUT2D eigenvalue weighted by Crippen LogP contribution is 2.31. The van der Waals surface area contributed by atoms with Crippen LogP contribution in [0.3, 0.4) is 0 Å². The SMILES string of the molecule is CCC(N)C(c1ccc(C)s1)N(CC)Cc1ccco1. The number of furan rings is 1. The molecule has 0 radical (unpaired) electrons. The molecule has 110 valence electrons. The quantitative estimate of drug-likeness (QED) is 0.840. The summed E-state index contributed by atoms with van der Waals surface area (Å²) in [4.78, 5) is 5.09. The van der Waals surface area contributed by atoms with E-state index in [2.05, 4.69) is 37.8 Å². The molecule has 0 saturated carbocycles. The summed E-state index contributed by atoms with van der Waals surface area (Å²) in [6.45, 7) is 8.23. The van der Waals surface area contributed by atoms with Gasteiger partial charge in [0.05, 0.1) is 18.8 Å². The largest absolute Gasteiger partial charge is 0.468 e. The summed E-state index contributed by atoms with van der Waals surface area (Å²) < 4.78 is 5.49. The van der Waals surface area contributed by atoms with Crippen LogP contribution >= 0.6 is 11.3 Å². The lowest BCUT2D eigenvalue weighted by Gasteiger charge is -2.33. The van der Waals surface area contributed by atoms with Crippen LogP contribution in [0.5, 0.6) is 0 Å². The zero-order valence-electron chi connectivity index (χ0n) is 12.5. The minimum absolute atomic E-state index is 0.142. The number of hydrogen-bond acceptors (Lipinski definition) is 4. The van der Waals surface area contributed by atoms with E-state index in [1.165, 1.54) is 9.75 Å². The summed E-state index contributed by atoms with van der Waals surface area (Å²) >= 11 is 1.84. The highest BCUT2D eigenvalue weighted by atomic mass is 32.1. The minimum atomic E-state index is 0.142. The van der Waals surface area contributed by atoms with E-state index in [0.717, 1.165) is 25.3 Å². The Morgan fingerprint density at radius 1 is 1.30 bits per heavy atom. The molecule has 2 aromatic rings. The maximum atomic E-state index is 6.40. The fraction of sp³-hybridized carbons (Fsp3) is 0.500. The summed E-state index contributed by atoms with van der Waals surface area (Å²) in [6, 6.07) is 8.75. The maximum Gasteiger partial charge on any atom is 0.117 e. The predicted molar refractivity (Wildman–Crippen MR) is 84.9 cm³/mol. The Morgan fingerprint density at radius 3 is 2.60 bits per heavy atom. The molecule has 0 amide bonds. The molecule has 20 heavy (non-hydrogen) atoms. The number of nitrogens with two attached hydrogens (primary N) is 1. The van der Waals surface area contributed by atoms with Gasteiger partial charge in [-0.05, 0) is 44.2 Å². The highest BCUT2D eigenvalue weighted by molar-refractivity contribution is 7.12. The average molecular weight is 292 g/mol. The third-order valence-corrected chi connectivity index (χ3v) is 4.74. The Kier molecular flexibility index (Phi) is 5.40. The van der Waals surface area contributed by atoms with E-state index >= 15 is 0 Å². The van der Waals surface area contributed by atoms with Crippen molar-refractivity contribution in [3.05, 3.63) is 46.0 Å². The molecule has 2 aromatic heterocycles. The molecule has 2 heterocycles. The van der Waals surface area contributed by atoms with E-state index in [9.17, 15) is 0 Å². The second-order valence-electron chi connectivity index (χ2n) is 5.11. The molecule has 0 fully saturated rings. The van der Waals surface area contributed by atoms with Crippen molar-refractivity contribution in [1.82, 2.24) is 4.90 Å². The van der Waals surface area contributed by atoms with Crippen molar-refractivity contribution in [2.24, 2.45) is 5.73 Å². The maximum absolute atomic E-state index is 6.40. The van der Waals surface area contributed by atoms with E-state index in [0.29, 0.717) is 0 Å². The number of thiophene rings is 1. The normalized spacial score (nSPS) is 14.7. The Morgan fingerprint density at radius 2 is 2.10 bits per heavy atom. The molecule has 3 nitrogen and oxygen atoms in total. The van der Waals surface area contributed by atoms with Crippen LogP contribution in [0.15, 0.2) is 34.9 Å². The van der Waals surface area contributed by atoms with Crippen molar-refractivity contribution >= 4 is 11.3 Å². The topological polar surface area (TPSA) is 42.4 Å². The van der Waals surface area contributed by atoms with Crippen LogP contribution in [-0.2, 0) is 6.54 Å². The summed E-state index contributed by atoms with van der Waals surface area (Å²) in [5.41, 5.74) is 6.40. The molecular weight excluding hydrogens is 268 g/mol. The fourth-order valence-corrected chi connectivity index (χ4v) is 3.60.